The molecule has 0 bridgehead atoms. The number of benzene rings is 1. The monoisotopic (exact) mass is 326 g/mol. The van der Waals surface area contributed by atoms with E-state index in [1.807, 2.05) is 16.8 Å². The second-order valence-electron chi connectivity index (χ2n) is 6.13. The first-order chi connectivity index (χ1) is 11.0. The van der Waals surface area contributed by atoms with Crippen LogP contribution < -0.4 is 4.74 Å². The number of hydrogen-bond donors (Lipinski definition) is 0. The number of ether oxygens (including phenoxy) is 1. The lowest BCUT2D eigenvalue weighted by Gasteiger charge is -2.34. The van der Waals surface area contributed by atoms with Crippen molar-refractivity contribution in [3.05, 3.63) is 29.8 Å². The molecule has 1 atom stereocenters. The van der Waals surface area contributed by atoms with Crippen molar-refractivity contribution in [2.24, 2.45) is 0 Å². The third-order valence-electron chi connectivity index (χ3n) is 4.13. The van der Waals surface area contributed by atoms with Crippen molar-refractivity contribution in [3.8, 4) is 5.75 Å². The van der Waals surface area contributed by atoms with Crippen molar-refractivity contribution in [1.29, 1.82) is 0 Å². The predicted octanol–water partition coefficient (Wildman–Crippen LogP) is 3.12. The Labute approximate surface area is 136 Å². The minimum atomic E-state index is -2.81. The van der Waals surface area contributed by atoms with Gasteiger partial charge in [-0.1, -0.05) is 12.1 Å². The molecule has 128 valence electrons. The number of halogens is 2. The lowest BCUT2D eigenvalue weighted by atomic mass is 10.0. The largest absolute Gasteiger partial charge is 0.435 e. The molecule has 1 amide bonds. The second kappa shape index (κ2) is 8.24. The molecule has 0 N–H and O–H groups in total. The topological polar surface area (TPSA) is 32.8 Å². The Morgan fingerprint density at radius 2 is 2.04 bits per heavy atom. The fraction of sp³-hybridized carbons (Fsp3) is 0.588. The summed E-state index contributed by atoms with van der Waals surface area (Å²) in [6.07, 6.45) is 3.33. The number of carbonyl (C=O) groups excluding carboxylic acids is 1. The normalized spacial score (nSPS) is 18.5. The number of likely N-dealkylation sites (N-methyl/N-ethyl adjacent to an activating group) is 1. The molecule has 1 fully saturated rings. The van der Waals surface area contributed by atoms with Gasteiger partial charge in [0.1, 0.15) is 5.75 Å². The van der Waals surface area contributed by atoms with Crippen molar-refractivity contribution < 1.29 is 18.3 Å². The number of rotatable bonds is 6. The van der Waals surface area contributed by atoms with Crippen LogP contribution in [0.1, 0.15) is 31.7 Å². The van der Waals surface area contributed by atoms with E-state index in [0.29, 0.717) is 19.1 Å². The molecule has 4 nitrogen and oxygen atoms in total. The second-order valence-corrected chi connectivity index (χ2v) is 6.13. The van der Waals surface area contributed by atoms with Crippen LogP contribution in [0.2, 0.25) is 0 Å². The van der Waals surface area contributed by atoms with Crippen molar-refractivity contribution >= 4 is 5.91 Å². The molecule has 23 heavy (non-hydrogen) atoms. The van der Waals surface area contributed by atoms with Gasteiger partial charge in [0.05, 0.1) is 6.54 Å². The zero-order chi connectivity index (χ0) is 16.8. The van der Waals surface area contributed by atoms with Crippen LogP contribution in [0.3, 0.4) is 0 Å². The Balaban J connectivity index is 1.84. The van der Waals surface area contributed by atoms with Gasteiger partial charge >= 0.3 is 6.61 Å². The summed E-state index contributed by atoms with van der Waals surface area (Å²) in [7, 11) is 1.89. The van der Waals surface area contributed by atoms with Gasteiger partial charge in [0.2, 0.25) is 5.91 Å². The van der Waals surface area contributed by atoms with Crippen LogP contribution >= 0.6 is 0 Å². The van der Waals surface area contributed by atoms with E-state index in [1.54, 1.807) is 12.1 Å². The molecule has 1 aromatic rings. The minimum absolute atomic E-state index is 0.143. The summed E-state index contributed by atoms with van der Waals surface area (Å²) < 4.78 is 28.5. The molecule has 0 aromatic heterocycles. The summed E-state index contributed by atoms with van der Waals surface area (Å²) in [6.45, 7) is 1.07. The lowest BCUT2D eigenvalue weighted by molar-refractivity contribution is -0.135. The van der Waals surface area contributed by atoms with E-state index in [4.69, 9.17) is 0 Å². The first-order valence-electron chi connectivity index (χ1n) is 7.97. The molecular formula is C17H24F2N2O2. The molecule has 1 aliphatic rings. The minimum Gasteiger partial charge on any atom is -0.435 e. The summed E-state index contributed by atoms with van der Waals surface area (Å²) in [5.74, 6) is 0.293. The predicted molar refractivity (Wildman–Crippen MR) is 84.4 cm³/mol. The van der Waals surface area contributed by atoms with E-state index in [2.05, 4.69) is 11.7 Å². The van der Waals surface area contributed by atoms with Gasteiger partial charge in [0.25, 0.3) is 0 Å². The molecule has 0 radical (unpaired) electrons. The van der Waals surface area contributed by atoms with Gasteiger partial charge in [-0.2, -0.15) is 8.78 Å². The third kappa shape index (κ3) is 5.46. The lowest BCUT2D eigenvalue weighted by Crippen LogP contribution is -2.46. The highest BCUT2D eigenvalue weighted by atomic mass is 19.3. The zero-order valence-electron chi connectivity index (χ0n) is 13.7. The molecule has 1 heterocycles. The maximum atomic E-state index is 12.4. The number of carbonyl (C=O) groups is 1. The maximum absolute atomic E-state index is 12.4. The van der Waals surface area contributed by atoms with Gasteiger partial charge in [0.15, 0.2) is 0 Å². The molecule has 1 aromatic carbocycles. The number of likely N-dealkylation sites (tertiary alicyclic amines) is 1. The first-order valence-corrected chi connectivity index (χ1v) is 7.97. The molecule has 0 saturated carbocycles. The summed E-state index contributed by atoms with van der Waals surface area (Å²) in [5.41, 5.74) is 0.952. The molecule has 1 saturated heterocycles. The standard InChI is InChI=1S/C17H24F2N2O2/c1-13-5-3-4-10-21(13)16(22)12-20(2)11-14-6-8-15(9-7-14)23-17(18)19/h6-9,13,17H,3-5,10-12H2,1-2H3. The molecule has 2 rings (SSSR count). The van der Waals surface area contributed by atoms with Crippen molar-refractivity contribution in [2.45, 2.75) is 45.4 Å². The Morgan fingerprint density at radius 1 is 1.35 bits per heavy atom. The van der Waals surface area contributed by atoms with E-state index < -0.39 is 6.61 Å². The van der Waals surface area contributed by atoms with E-state index in [9.17, 15) is 13.6 Å². The molecule has 0 spiro atoms. The SMILES string of the molecule is CC1CCCCN1C(=O)CN(C)Cc1ccc(OC(F)F)cc1. The molecule has 0 aliphatic carbocycles. The quantitative estimate of drug-likeness (QED) is 0.805. The molecule has 1 unspecified atom stereocenters. The van der Waals surface area contributed by atoms with Gasteiger partial charge in [-0.3, -0.25) is 9.69 Å². The molecule has 1 aliphatic heterocycles. The van der Waals surface area contributed by atoms with E-state index in [-0.39, 0.29) is 11.7 Å². The third-order valence-corrected chi connectivity index (χ3v) is 4.13. The number of piperidine rings is 1. The van der Waals surface area contributed by atoms with Crippen molar-refractivity contribution in [3.63, 3.8) is 0 Å². The van der Waals surface area contributed by atoms with Crippen LogP contribution in [0.5, 0.6) is 5.75 Å². The molecular weight excluding hydrogens is 302 g/mol. The van der Waals surface area contributed by atoms with Gasteiger partial charge < -0.3 is 9.64 Å². The van der Waals surface area contributed by atoms with Crippen molar-refractivity contribution in [2.75, 3.05) is 20.1 Å². The Morgan fingerprint density at radius 3 is 2.65 bits per heavy atom. The first kappa shape index (κ1) is 17.7. The van der Waals surface area contributed by atoms with Crippen LogP contribution in [0, 0.1) is 0 Å². The molecule has 6 heteroatoms. The van der Waals surface area contributed by atoms with E-state index in [1.165, 1.54) is 18.6 Å². The van der Waals surface area contributed by atoms with Crippen LogP contribution in [-0.4, -0.2) is 48.5 Å². The van der Waals surface area contributed by atoms with Gasteiger partial charge in [-0.05, 0) is 50.9 Å². The van der Waals surface area contributed by atoms with Crippen molar-refractivity contribution in [1.82, 2.24) is 9.80 Å². The highest BCUT2D eigenvalue weighted by molar-refractivity contribution is 5.78. The van der Waals surface area contributed by atoms with Crippen LogP contribution in [0.25, 0.3) is 0 Å². The zero-order valence-corrected chi connectivity index (χ0v) is 13.7. The number of alkyl halides is 2. The van der Waals surface area contributed by atoms with Gasteiger partial charge in [-0.15, -0.1) is 0 Å². The number of nitrogens with zero attached hydrogens (tertiary/aromatic N) is 2. The fourth-order valence-corrected chi connectivity index (χ4v) is 2.93. The Hall–Kier alpha value is -1.69. The van der Waals surface area contributed by atoms with Crippen LogP contribution in [0.4, 0.5) is 8.78 Å². The summed E-state index contributed by atoms with van der Waals surface area (Å²) in [6, 6.07) is 6.83. The summed E-state index contributed by atoms with van der Waals surface area (Å²) in [4.78, 5) is 16.3. The van der Waals surface area contributed by atoms with Gasteiger partial charge in [-0.25, -0.2) is 0 Å². The highest BCUT2D eigenvalue weighted by Gasteiger charge is 2.23. The Kier molecular flexibility index (Phi) is 6.33. The Bertz CT molecular complexity index is 508. The number of amides is 1. The average Bonchev–Trinajstić information content (AvgIpc) is 2.49. The van der Waals surface area contributed by atoms with Crippen LogP contribution in [0.15, 0.2) is 24.3 Å². The summed E-state index contributed by atoms with van der Waals surface area (Å²) in [5, 5.41) is 0. The smallest absolute Gasteiger partial charge is 0.387 e. The summed E-state index contributed by atoms with van der Waals surface area (Å²) >= 11 is 0. The van der Waals surface area contributed by atoms with E-state index in [0.717, 1.165) is 24.9 Å². The van der Waals surface area contributed by atoms with Gasteiger partial charge in [0, 0.05) is 19.1 Å². The fourth-order valence-electron chi connectivity index (χ4n) is 2.93. The maximum Gasteiger partial charge on any atom is 0.387 e. The van der Waals surface area contributed by atoms with E-state index >= 15 is 0 Å². The van der Waals surface area contributed by atoms with Crippen LogP contribution in [-0.2, 0) is 11.3 Å². The highest BCUT2D eigenvalue weighted by Crippen LogP contribution is 2.18. The number of hydrogen-bond acceptors (Lipinski definition) is 3. The average molecular weight is 326 g/mol.